The van der Waals surface area contributed by atoms with E-state index in [1.165, 1.54) is 11.3 Å². The van der Waals surface area contributed by atoms with Crippen molar-refractivity contribution in [1.29, 1.82) is 0 Å². The van der Waals surface area contributed by atoms with Gasteiger partial charge >= 0.3 is 0 Å². The third kappa shape index (κ3) is 6.86. The minimum Gasteiger partial charge on any atom is -0.385 e. The van der Waals surface area contributed by atoms with Crippen LogP contribution in [0.5, 0.6) is 0 Å². The van der Waals surface area contributed by atoms with Crippen molar-refractivity contribution in [2.45, 2.75) is 33.7 Å². The molecule has 0 aliphatic carbocycles. The first-order valence-electron chi connectivity index (χ1n) is 8.92. The molecule has 2 rings (SSSR count). The Labute approximate surface area is 173 Å². The molecule has 0 aliphatic heterocycles. The number of guanidine groups is 1. The molecular formula is C19H31IN6. The number of rotatable bonds is 8. The van der Waals surface area contributed by atoms with E-state index in [0.29, 0.717) is 6.54 Å². The molecule has 0 unspecified atom stereocenters. The number of nitrogens with zero attached hydrogens (tertiary/aromatic N) is 3. The zero-order valence-corrected chi connectivity index (χ0v) is 18.5. The standard InChI is InChI=1S/C19H30N6.HI/c1-5-20-19(23-14-18-15(2)24-25(4)16(18)3)22-13-9-12-21-17-10-7-6-8-11-17;/h6-8,10-11,21H,5,9,12-14H2,1-4H3,(H2,20,22,23);1H. The van der Waals surface area contributed by atoms with Crippen LogP contribution in [0, 0.1) is 13.8 Å². The number of para-hydroxylation sites is 1. The highest BCUT2D eigenvalue weighted by atomic mass is 127. The maximum absolute atomic E-state index is 4.70. The molecule has 0 amide bonds. The van der Waals surface area contributed by atoms with Crippen LogP contribution in [0.25, 0.3) is 0 Å². The minimum absolute atomic E-state index is 0. The van der Waals surface area contributed by atoms with Crippen LogP contribution in [0.2, 0.25) is 0 Å². The summed E-state index contributed by atoms with van der Waals surface area (Å²) in [7, 11) is 1.97. The molecule has 0 radical (unpaired) electrons. The first-order chi connectivity index (χ1) is 12.1. The average molecular weight is 470 g/mol. The van der Waals surface area contributed by atoms with E-state index in [1.807, 2.05) is 36.9 Å². The predicted molar refractivity (Wildman–Crippen MR) is 120 cm³/mol. The fourth-order valence-corrected chi connectivity index (χ4v) is 2.63. The van der Waals surface area contributed by atoms with Gasteiger partial charge in [0.05, 0.1) is 12.2 Å². The molecule has 144 valence electrons. The van der Waals surface area contributed by atoms with Crippen LogP contribution in [0.4, 0.5) is 5.69 Å². The highest BCUT2D eigenvalue weighted by Crippen LogP contribution is 2.12. The van der Waals surface area contributed by atoms with Gasteiger partial charge in [0.15, 0.2) is 5.96 Å². The number of halogens is 1. The molecule has 0 aliphatic rings. The quantitative estimate of drug-likeness (QED) is 0.240. The third-order valence-corrected chi connectivity index (χ3v) is 4.15. The Bertz CT molecular complexity index is 681. The molecule has 7 heteroatoms. The van der Waals surface area contributed by atoms with Crippen molar-refractivity contribution in [2.24, 2.45) is 12.0 Å². The maximum atomic E-state index is 4.70. The molecule has 3 N–H and O–H groups in total. The van der Waals surface area contributed by atoms with Crippen LogP contribution in [-0.2, 0) is 13.6 Å². The van der Waals surface area contributed by atoms with Crippen LogP contribution in [0.1, 0.15) is 30.3 Å². The van der Waals surface area contributed by atoms with Crippen molar-refractivity contribution in [3.05, 3.63) is 47.3 Å². The van der Waals surface area contributed by atoms with Gasteiger partial charge in [-0.3, -0.25) is 4.68 Å². The summed E-state index contributed by atoms with van der Waals surface area (Å²) in [5.74, 6) is 0.852. The van der Waals surface area contributed by atoms with E-state index in [9.17, 15) is 0 Å². The molecule has 0 saturated carbocycles. The number of hydrogen-bond acceptors (Lipinski definition) is 3. The average Bonchev–Trinajstić information content (AvgIpc) is 2.85. The van der Waals surface area contributed by atoms with Crippen molar-refractivity contribution in [1.82, 2.24) is 20.4 Å². The lowest BCUT2D eigenvalue weighted by atomic mass is 10.2. The SMILES string of the molecule is CCNC(=NCc1c(C)nn(C)c1C)NCCCNc1ccccc1.I. The molecule has 26 heavy (non-hydrogen) atoms. The highest BCUT2D eigenvalue weighted by molar-refractivity contribution is 14.0. The fraction of sp³-hybridized carbons (Fsp3) is 0.474. The Balaban J connectivity index is 0.00000338. The van der Waals surface area contributed by atoms with Gasteiger partial charge in [-0.15, -0.1) is 24.0 Å². The normalized spacial score (nSPS) is 11.0. The number of anilines is 1. The van der Waals surface area contributed by atoms with Gasteiger partial charge in [-0.25, -0.2) is 4.99 Å². The number of nitrogens with one attached hydrogen (secondary N) is 3. The van der Waals surface area contributed by atoms with Gasteiger partial charge in [0.2, 0.25) is 0 Å². The van der Waals surface area contributed by atoms with E-state index in [-0.39, 0.29) is 24.0 Å². The van der Waals surface area contributed by atoms with Gasteiger partial charge < -0.3 is 16.0 Å². The van der Waals surface area contributed by atoms with E-state index in [1.54, 1.807) is 0 Å². The summed E-state index contributed by atoms with van der Waals surface area (Å²) >= 11 is 0. The highest BCUT2D eigenvalue weighted by Gasteiger charge is 2.08. The first-order valence-corrected chi connectivity index (χ1v) is 8.92. The molecule has 2 aromatic rings. The van der Waals surface area contributed by atoms with Crippen molar-refractivity contribution >= 4 is 35.6 Å². The van der Waals surface area contributed by atoms with Gasteiger partial charge in [0.1, 0.15) is 0 Å². The fourth-order valence-electron chi connectivity index (χ4n) is 2.63. The largest absolute Gasteiger partial charge is 0.385 e. The summed E-state index contributed by atoms with van der Waals surface area (Å²) < 4.78 is 1.91. The Hall–Kier alpha value is -1.77. The Morgan fingerprint density at radius 2 is 1.85 bits per heavy atom. The van der Waals surface area contributed by atoms with E-state index < -0.39 is 0 Å². The molecule has 0 bridgehead atoms. The number of benzene rings is 1. The molecule has 0 saturated heterocycles. The second-order valence-electron chi connectivity index (χ2n) is 6.04. The van der Waals surface area contributed by atoms with Crippen LogP contribution in [0.15, 0.2) is 35.3 Å². The van der Waals surface area contributed by atoms with Gasteiger partial charge in [-0.2, -0.15) is 5.10 Å². The lowest BCUT2D eigenvalue weighted by Gasteiger charge is -2.12. The van der Waals surface area contributed by atoms with Crippen molar-refractivity contribution in [2.75, 3.05) is 25.0 Å². The molecule has 1 heterocycles. The molecule has 6 nitrogen and oxygen atoms in total. The summed E-state index contributed by atoms with van der Waals surface area (Å²) in [4.78, 5) is 4.70. The van der Waals surface area contributed by atoms with Crippen LogP contribution < -0.4 is 16.0 Å². The lowest BCUT2D eigenvalue weighted by Crippen LogP contribution is -2.38. The van der Waals surface area contributed by atoms with Crippen molar-refractivity contribution < 1.29 is 0 Å². The van der Waals surface area contributed by atoms with E-state index >= 15 is 0 Å². The Morgan fingerprint density at radius 1 is 1.12 bits per heavy atom. The van der Waals surface area contributed by atoms with Crippen LogP contribution in [0.3, 0.4) is 0 Å². The third-order valence-electron chi connectivity index (χ3n) is 4.15. The second-order valence-corrected chi connectivity index (χ2v) is 6.04. The lowest BCUT2D eigenvalue weighted by molar-refractivity contribution is 0.729. The zero-order chi connectivity index (χ0) is 18.1. The second kappa shape index (κ2) is 11.8. The summed E-state index contributed by atoms with van der Waals surface area (Å²) in [5.41, 5.74) is 4.58. The Morgan fingerprint density at radius 3 is 2.46 bits per heavy atom. The zero-order valence-electron chi connectivity index (χ0n) is 16.2. The molecule has 0 spiro atoms. The Kier molecular flexibility index (Phi) is 10.1. The number of aromatic nitrogens is 2. The van der Waals surface area contributed by atoms with E-state index in [0.717, 1.165) is 43.4 Å². The maximum Gasteiger partial charge on any atom is 0.191 e. The summed E-state index contributed by atoms with van der Waals surface area (Å²) in [6.07, 6.45) is 1.02. The van der Waals surface area contributed by atoms with E-state index in [2.05, 4.69) is 47.0 Å². The molecule has 1 aromatic heterocycles. The summed E-state index contributed by atoms with van der Waals surface area (Å²) in [6.45, 7) is 9.48. The summed E-state index contributed by atoms with van der Waals surface area (Å²) in [5, 5.41) is 14.6. The molecule has 0 fully saturated rings. The topological polar surface area (TPSA) is 66.3 Å². The van der Waals surface area contributed by atoms with Crippen molar-refractivity contribution in [3.8, 4) is 0 Å². The van der Waals surface area contributed by atoms with Gasteiger partial charge in [-0.1, -0.05) is 18.2 Å². The van der Waals surface area contributed by atoms with Gasteiger partial charge in [-0.05, 0) is 39.3 Å². The van der Waals surface area contributed by atoms with E-state index in [4.69, 9.17) is 4.99 Å². The smallest absolute Gasteiger partial charge is 0.191 e. The van der Waals surface area contributed by atoms with Crippen LogP contribution >= 0.6 is 24.0 Å². The predicted octanol–water partition coefficient (Wildman–Crippen LogP) is 3.21. The van der Waals surface area contributed by atoms with Crippen molar-refractivity contribution in [3.63, 3.8) is 0 Å². The first kappa shape index (κ1) is 22.3. The minimum atomic E-state index is 0. The molecule has 1 aromatic carbocycles. The van der Waals surface area contributed by atoms with Crippen LogP contribution in [-0.4, -0.2) is 35.4 Å². The molecule has 0 atom stereocenters. The van der Waals surface area contributed by atoms with Gasteiger partial charge in [0.25, 0.3) is 0 Å². The number of aryl methyl sites for hydroxylation is 2. The monoisotopic (exact) mass is 470 g/mol. The number of aliphatic imine (C=N–C) groups is 1. The molecular weight excluding hydrogens is 439 g/mol. The number of hydrogen-bond donors (Lipinski definition) is 3. The van der Waals surface area contributed by atoms with Gasteiger partial charge in [0, 0.05) is 43.6 Å². The summed E-state index contributed by atoms with van der Waals surface area (Å²) in [6, 6.07) is 10.3.